The first-order valence-corrected chi connectivity index (χ1v) is 6.10. The third-order valence-electron chi connectivity index (χ3n) is 2.35. The lowest BCUT2D eigenvalue weighted by Gasteiger charge is -2.10. The summed E-state index contributed by atoms with van der Waals surface area (Å²) in [4.78, 5) is 0. The van der Waals surface area contributed by atoms with Crippen molar-refractivity contribution in [3.63, 3.8) is 0 Å². The lowest BCUT2D eigenvalue weighted by atomic mass is 10.2. The van der Waals surface area contributed by atoms with Crippen LogP contribution in [0.3, 0.4) is 0 Å². The number of nitrogens with two attached hydrogens (primary N) is 1. The molecular formula is C13H10IN3. The number of nitriles is 1. The SMILES string of the molecule is N#Cc1ccc(Nc2cccc(I)c2N)cc1. The van der Waals surface area contributed by atoms with Crippen LogP contribution >= 0.6 is 22.6 Å². The number of benzene rings is 2. The van der Waals surface area contributed by atoms with Gasteiger partial charge in [0.1, 0.15) is 0 Å². The van der Waals surface area contributed by atoms with Crippen molar-refractivity contribution in [1.29, 1.82) is 5.26 Å². The number of nitrogens with zero attached hydrogens (tertiary/aromatic N) is 1. The minimum absolute atomic E-state index is 0.645. The predicted molar refractivity (Wildman–Crippen MR) is 78.0 cm³/mol. The Kier molecular flexibility index (Phi) is 3.49. The molecule has 0 heterocycles. The second-order valence-electron chi connectivity index (χ2n) is 3.52. The maximum absolute atomic E-state index is 8.71. The van der Waals surface area contributed by atoms with Crippen LogP contribution in [0, 0.1) is 14.9 Å². The van der Waals surface area contributed by atoms with Crippen molar-refractivity contribution in [2.24, 2.45) is 0 Å². The predicted octanol–water partition coefficient (Wildman–Crippen LogP) is 3.49. The zero-order valence-electron chi connectivity index (χ0n) is 8.94. The van der Waals surface area contributed by atoms with Gasteiger partial charge in [-0.2, -0.15) is 5.26 Å². The molecule has 2 aromatic rings. The molecule has 0 bridgehead atoms. The van der Waals surface area contributed by atoms with Crippen molar-refractivity contribution in [3.8, 4) is 6.07 Å². The minimum Gasteiger partial charge on any atom is -0.396 e. The zero-order valence-corrected chi connectivity index (χ0v) is 11.1. The van der Waals surface area contributed by atoms with Crippen molar-refractivity contribution in [3.05, 3.63) is 51.6 Å². The van der Waals surface area contributed by atoms with Gasteiger partial charge in [0.05, 0.1) is 23.0 Å². The van der Waals surface area contributed by atoms with E-state index in [0.29, 0.717) is 5.56 Å². The number of hydrogen-bond acceptors (Lipinski definition) is 3. The van der Waals surface area contributed by atoms with Crippen LogP contribution in [0.1, 0.15) is 5.56 Å². The van der Waals surface area contributed by atoms with Gasteiger partial charge in [-0.1, -0.05) is 6.07 Å². The molecule has 0 saturated heterocycles. The Morgan fingerprint density at radius 1 is 1.12 bits per heavy atom. The number of hydrogen-bond donors (Lipinski definition) is 2. The average Bonchev–Trinajstić information content (AvgIpc) is 2.36. The Balaban J connectivity index is 2.26. The van der Waals surface area contributed by atoms with Gasteiger partial charge in [-0.15, -0.1) is 0 Å². The second-order valence-corrected chi connectivity index (χ2v) is 4.68. The Morgan fingerprint density at radius 2 is 1.82 bits per heavy atom. The van der Waals surface area contributed by atoms with E-state index in [-0.39, 0.29) is 0 Å². The van der Waals surface area contributed by atoms with E-state index in [0.717, 1.165) is 20.6 Å². The molecule has 0 radical (unpaired) electrons. The molecule has 0 aliphatic carbocycles. The molecule has 17 heavy (non-hydrogen) atoms. The van der Waals surface area contributed by atoms with Crippen LogP contribution in [-0.4, -0.2) is 0 Å². The summed E-state index contributed by atoms with van der Waals surface area (Å²) in [7, 11) is 0. The maximum Gasteiger partial charge on any atom is 0.0991 e. The first kappa shape index (κ1) is 11.7. The molecular weight excluding hydrogens is 325 g/mol. The first-order valence-electron chi connectivity index (χ1n) is 5.02. The van der Waals surface area contributed by atoms with Crippen LogP contribution in [0.2, 0.25) is 0 Å². The molecule has 0 amide bonds. The standard InChI is InChI=1S/C13H10IN3/c14-11-2-1-3-12(13(11)16)17-10-6-4-9(8-15)5-7-10/h1-7,17H,16H2. The van der Waals surface area contributed by atoms with E-state index >= 15 is 0 Å². The summed E-state index contributed by atoms with van der Waals surface area (Å²) >= 11 is 2.20. The summed E-state index contributed by atoms with van der Waals surface area (Å²) in [5.41, 5.74) is 9.13. The fraction of sp³-hybridized carbons (Fsp3) is 0. The van der Waals surface area contributed by atoms with Crippen LogP contribution in [0.15, 0.2) is 42.5 Å². The highest BCUT2D eigenvalue weighted by Gasteiger charge is 2.02. The van der Waals surface area contributed by atoms with Crippen LogP contribution < -0.4 is 11.1 Å². The molecule has 0 atom stereocenters. The van der Waals surface area contributed by atoms with E-state index in [1.165, 1.54) is 0 Å². The largest absolute Gasteiger partial charge is 0.396 e. The summed E-state index contributed by atoms with van der Waals surface area (Å²) in [6.45, 7) is 0. The number of anilines is 3. The zero-order chi connectivity index (χ0) is 12.3. The Labute approximate surface area is 113 Å². The molecule has 3 nitrogen and oxygen atoms in total. The molecule has 0 aromatic heterocycles. The molecule has 4 heteroatoms. The number of para-hydroxylation sites is 1. The Hall–Kier alpha value is -1.74. The average molecular weight is 335 g/mol. The molecule has 0 fully saturated rings. The summed E-state index contributed by atoms with van der Waals surface area (Å²) in [6, 6.07) is 15.2. The molecule has 2 aromatic carbocycles. The normalized spacial score (nSPS) is 9.65. The molecule has 0 saturated carbocycles. The van der Waals surface area contributed by atoms with Gasteiger partial charge in [0.15, 0.2) is 0 Å². The molecule has 2 rings (SSSR count). The highest BCUT2D eigenvalue weighted by atomic mass is 127. The van der Waals surface area contributed by atoms with Gasteiger partial charge in [0.25, 0.3) is 0 Å². The van der Waals surface area contributed by atoms with E-state index in [1.807, 2.05) is 30.3 Å². The van der Waals surface area contributed by atoms with Gasteiger partial charge < -0.3 is 11.1 Å². The fourth-order valence-corrected chi connectivity index (χ4v) is 1.93. The van der Waals surface area contributed by atoms with Gasteiger partial charge in [-0.3, -0.25) is 0 Å². The quantitative estimate of drug-likeness (QED) is 0.652. The van der Waals surface area contributed by atoms with E-state index in [9.17, 15) is 0 Å². The molecule has 3 N–H and O–H groups in total. The van der Waals surface area contributed by atoms with Crippen molar-refractivity contribution in [1.82, 2.24) is 0 Å². The number of nitrogens with one attached hydrogen (secondary N) is 1. The van der Waals surface area contributed by atoms with Crippen LogP contribution in [0.25, 0.3) is 0 Å². The number of rotatable bonds is 2. The third-order valence-corrected chi connectivity index (χ3v) is 3.29. The van der Waals surface area contributed by atoms with Gasteiger partial charge in [-0.05, 0) is 59.0 Å². The lowest BCUT2D eigenvalue weighted by molar-refractivity contribution is 1.47. The van der Waals surface area contributed by atoms with Gasteiger partial charge in [0.2, 0.25) is 0 Å². The molecule has 0 spiro atoms. The highest BCUT2D eigenvalue weighted by molar-refractivity contribution is 14.1. The molecule has 84 valence electrons. The molecule has 0 aliphatic heterocycles. The first-order chi connectivity index (χ1) is 8.20. The van der Waals surface area contributed by atoms with Crippen molar-refractivity contribution in [2.45, 2.75) is 0 Å². The molecule has 0 aliphatic rings. The maximum atomic E-state index is 8.71. The van der Waals surface area contributed by atoms with Crippen LogP contribution in [-0.2, 0) is 0 Å². The van der Waals surface area contributed by atoms with Crippen LogP contribution in [0.5, 0.6) is 0 Å². The van der Waals surface area contributed by atoms with E-state index in [4.69, 9.17) is 11.0 Å². The topological polar surface area (TPSA) is 61.8 Å². The Bertz CT molecular complexity index is 570. The van der Waals surface area contributed by atoms with Gasteiger partial charge in [-0.25, -0.2) is 0 Å². The summed E-state index contributed by atoms with van der Waals surface area (Å²) in [6.07, 6.45) is 0. The van der Waals surface area contributed by atoms with E-state index < -0.39 is 0 Å². The summed E-state index contributed by atoms with van der Waals surface area (Å²) in [5, 5.41) is 11.9. The third kappa shape index (κ3) is 2.68. The smallest absolute Gasteiger partial charge is 0.0991 e. The second kappa shape index (κ2) is 5.06. The van der Waals surface area contributed by atoms with Crippen molar-refractivity contribution >= 4 is 39.7 Å². The summed E-state index contributed by atoms with van der Waals surface area (Å²) in [5.74, 6) is 0. The van der Waals surface area contributed by atoms with Gasteiger partial charge in [0, 0.05) is 9.26 Å². The highest BCUT2D eigenvalue weighted by Crippen LogP contribution is 2.27. The summed E-state index contributed by atoms with van der Waals surface area (Å²) < 4.78 is 1.02. The molecule has 0 unspecified atom stereocenters. The van der Waals surface area contributed by atoms with E-state index in [2.05, 4.69) is 34.0 Å². The lowest BCUT2D eigenvalue weighted by Crippen LogP contribution is -1.98. The van der Waals surface area contributed by atoms with Crippen LogP contribution in [0.4, 0.5) is 17.1 Å². The fourth-order valence-electron chi connectivity index (χ4n) is 1.43. The number of halogens is 1. The number of nitrogen functional groups attached to an aromatic ring is 1. The monoisotopic (exact) mass is 335 g/mol. The van der Waals surface area contributed by atoms with E-state index in [1.54, 1.807) is 12.1 Å². The minimum atomic E-state index is 0.645. The van der Waals surface area contributed by atoms with Crippen molar-refractivity contribution in [2.75, 3.05) is 11.1 Å². The van der Waals surface area contributed by atoms with Gasteiger partial charge >= 0.3 is 0 Å². The van der Waals surface area contributed by atoms with Crippen molar-refractivity contribution < 1.29 is 0 Å². The Morgan fingerprint density at radius 3 is 2.47 bits per heavy atom.